The van der Waals surface area contributed by atoms with E-state index in [0.29, 0.717) is 18.9 Å². The second-order valence-corrected chi connectivity index (χ2v) is 5.01. The zero-order valence-corrected chi connectivity index (χ0v) is 11.1. The molecule has 0 saturated heterocycles. The summed E-state index contributed by atoms with van der Waals surface area (Å²) in [6.45, 7) is 3.30. The van der Waals surface area contributed by atoms with E-state index in [-0.39, 0.29) is 5.91 Å². The van der Waals surface area contributed by atoms with E-state index in [2.05, 4.69) is 0 Å². The summed E-state index contributed by atoms with van der Waals surface area (Å²) in [4.78, 5) is 14.1. The van der Waals surface area contributed by atoms with Gasteiger partial charge in [-0.2, -0.15) is 0 Å². The molecule has 2 N–H and O–H groups in total. The van der Waals surface area contributed by atoms with Gasteiger partial charge in [-0.05, 0) is 43.4 Å². The van der Waals surface area contributed by atoms with Gasteiger partial charge in [0.1, 0.15) is 0 Å². The Morgan fingerprint density at radius 1 is 1.33 bits per heavy atom. The predicted octanol–water partition coefficient (Wildman–Crippen LogP) is 2.69. The molecule has 1 aliphatic rings. The molecule has 18 heavy (non-hydrogen) atoms. The summed E-state index contributed by atoms with van der Waals surface area (Å²) in [5.41, 5.74) is 7.66. The van der Waals surface area contributed by atoms with Crippen molar-refractivity contribution in [2.24, 2.45) is 11.7 Å². The van der Waals surface area contributed by atoms with Crippen molar-refractivity contribution < 1.29 is 4.79 Å². The van der Waals surface area contributed by atoms with Crippen LogP contribution in [0.3, 0.4) is 0 Å². The standard InChI is InChI=1S/C15H22N2O/c1-2-17(15(18)10-12-4-3-5-12)14-8-6-13(11-16)7-9-14/h6-9,12H,2-5,10-11,16H2,1H3. The molecule has 0 bridgehead atoms. The molecule has 0 aromatic heterocycles. The molecule has 98 valence electrons. The minimum Gasteiger partial charge on any atom is -0.326 e. The average molecular weight is 246 g/mol. The van der Waals surface area contributed by atoms with Crippen molar-refractivity contribution in [2.75, 3.05) is 11.4 Å². The first-order chi connectivity index (χ1) is 8.74. The summed E-state index contributed by atoms with van der Waals surface area (Å²) in [5.74, 6) is 0.873. The lowest BCUT2D eigenvalue weighted by atomic mass is 9.82. The Bertz CT molecular complexity index is 395. The van der Waals surface area contributed by atoms with Crippen molar-refractivity contribution in [2.45, 2.75) is 39.2 Å². The van der Waals surface area contributed by atoms with Crippen LogP contribution >= 0.6 is 0 Å². The van der Waals surface area contributed by atoms with Crippen LogP contribution in [0.2, 0.25) is 0 Å². The maximum absolute atomic E-state index is 12.2. The third kappa shape index (κ3) is 2.91. The third-order valence-electron chi connectivity index (χ3n) is 3.79. The fourth-order valence-electron chi connectivity index (χ4n) is 2.37. The molecule has 0 aliphatic heterocycles. The molecule has 2 rings (SSSR count). The van der Waals surface area contributed by atoms with Gasteiger partial charge in [0.25, 0.3) is 0 Å². The Balaban J connectivity index is 2.03. The molecule has 1 aromatic carbocycles. The van der Waals surface area contributed by atoms with Gasteiger partial charge in [-0.3, -0.25) is 4.79 Å². The fraction of sp³-hybridized carbons (Fsp3) is 0.533. The maximum atomic E-state index is 12.2. The van der Waals surface area contributed by atoms with Crippen molar-refractivity contribution in [3.8, 4) is 0 Å². The largest absolute Gasteiger partial charge is 0.326 e. The van der Waals surface area contributed by atoms with Gasteiger partial charge in [0.05, 0.1) is 0 Å². The SMILES string of the molecule is CCN(C(=O)CC1CCC1)c1ccc(CN)cc1. The van der Waals surface area contributed by atoms with E-state index in [9.17, 15) is 4.79 Å². The van der Waals surface area contributed by atoms with E-state index in [0.717, 1.165) is 17.8 Å². The molecule has 1 saturated carbocycles. The number of nitrogens with zero attached hydrogens (tertiary/aromatic N) is 1. The first-order valence-corrected chi connectivity index (χ1v) is 6.84. The highest BCUT2D eigenvalue weighted by Gasteiger charge is 2.23. The number of benzene rings is 1. The second-order valence-electron chi connectivity index (χ2n) is 5.01. The van der Waals surface area contributed by atoms with Crippen molar-refractivity contribution in [3.63, 3.8) is 0 Å². The number of hydrogen-bond acceptors (Lipinski definition) is 2. The smallest absolute Gasteiger partial charge is 0.227 e. The monoisotopic (exact) mass is 246 g/mol. The van der Waals surface area contributed by atoms with Gasteiger partial charge in [-0.15, -0.1) is 0 Å². The molecule has 3 heteroatoms. The Hall–Kier alpha value is -1.35. The number of anilines is 1. The van der Waals surface area contributed by atoms with Crippen LogP contribution in [-0.4, -0.2) is 12.5 Å². The number of carbonyl (C=O) groups is 1. The fourth-order valence-corrected chi connectivity index (χ4v) is 2.37. The van der Waals surface area contributed by atoms with Gasteiger partial charge >= 0.3 is 0 Å². The predicted molar refractivity (Wildman–Crippen MR) is 74.3 cm³/mol. The number of hydrogen-bond donors (Lipinski definition) is 1. The molecule has 0 unspecified atom stereocenters. The molecular weight excluding hydrogens is 224 g/mol. The van der Waals surface area contributed by atoms with Gasteiger partial charge in [0.15, 0.2) is 0 Å². The highest BCUT2D eigenvalue weighted by atomic mass is 16.2. The Morgan fingerprint density at radius 2 is 2.00 bits per heavy atom. The number of amides is 1. The van der Waals surface area contributed by atoms with Crippen LogP contribution in [0.1, 0.15) is 38.2 Å². The zero-order valence-electron chi connectivity index (χ0n) is 11.1. The molecule has 0 heterocycles. The van der Waals surface area contributed by atoms with E-state index in [1.165, 1.54) is 19.3 Å². The summed E-state index contributed by atoms with van der Waals surface area (Å²) in [6, 6.07) is 7.97. The van der Waals surface area contributed by atoms with Crippen molar-refractivity contribution in [1.82, 2.24) is 0 Å². The lowest BCUT2D eigenvalue weighted by Gasteiger charge is -2.28. The van der Waals surface area contributed by atoms with Gasteiger partial charge < -0.3 is 10.6 Å². The summed E-state index contributed by atoms with van der Waals surface area (Å²) in [6.07, 6.45) is 4.42. The van der Waals surface area contributed by atoms with Crippen molar-refractivity contribution in [3.05, 3.63) is 29.8 Å². The Labute approximate surface area is 109 Å². The van der Waals surface area contributed by atoms with Crippen LogP contribution in [0.4, 0.5) is 5.69 Å². The van der Waals surface area contributed by atoms with Gasteiger partial charge in [-0.25, -0.2) is 0 Å². The lowest BCUT2D eigenvalue weighted by molar-refractivity contribution is -0.120. The van der Waals surface area contributed by atoms with Crippen LogP contribution in [0.5, 0.6) is 0 Å². The number of nitrogens with two attached hydrogens (primary N) is 1. The van der Waals surface area contributed by atoms with E-state index >= 15 is 0 Å². The molecular formula is C15H22N2O. The Morgan fingerprint density at radius 3 is 2.44 bits per heavy atom. The highest BCUT2D eigenvalue weighted by Crippen LogP contribution is 2.30. The van der Waals surface area contributed by atoms with E-state index < -0.39 is 0 Å². The van der Waals surface area contributed by atoms with Gasteiger partial charge in [0, 0.05) is 25.2 Å². The van der Waals surface area contributed by atoms with Crippen LogP contribution in [-0.2, 0) is 11.3 Å². The van der Waals surface area contributed by atoms with Gasteiger partial charge in [-0.1, -0.05) is 18.6 Å². The average Bonchev–Trinajstić information content (AvgIpc) is 2.35. The van der Waals surface area contributed by atoms with Crippen molar-refractivity contribution in [1.29, 1.82) is 0 Å². The molecule has 1 aliphatic carbocycles. The minimum absolute atomic E-state index is 0.252. The molecule has 1 fully saturated rings. The molecule has 0 radical (unpaired) electrons. The van der Waals surface area contributed by atoms with Gasteiger partial charge in [0.2, 0.25) is 5.91 Å². The normalized spacial score (nSPS) is 15.2. The summed E-state index contributed by atoms with van der Waals surface area (Å²) in [7, 11) is 0. The topological polar surface area (TPSA) is 46.3 Å². The number of carbonyl (C=O) groups excluding carboxylic acids is 1. The zero-order chi connectivity index (χ0) is 13.0. The maximum Gasteiger partial charge on any atom is 0.227 e. The highest BCUT2D eigenvalue weighted by molar-refractivity contribution is 5.93. The first-order valence-electron chi connectivity index (χ1n) is 6.84. The molecule has 0 spiro atoms. The molecule has 1 amide bonds. The molecule has 3 nitrogen and oxygen atoms in total. The summed E-state index contributed by atoms with van der Waals surface area (Å²) < 4.78 is 0. The quantitative estimate of drug-likeness (QED) is 0.868. The summed E-state index contributed by atoms with van der Waals surface area (Å²) in [5, 5.41) is 0. The lowest BCUT2D eigenvalue weighted by Crippen LogP contribution is -2.33. The first kappa shape index (κ1) is 13.1. The van der Waals surface area contributed by atoms with Crippen LogP contribution in [0.25, 0.3) is 0 Å². The van der Waals surface area contributed by atoms with Crippen LogP contribution < -0.4 is 10.6 Å². The van der Waals surface area contributed by atoms with Crippen molar-refractivity contribution >= 4 is 11.6 Å². The Kier molecular flexibility index (Phi) is 4.37. The molecule has 0 atom stereocenters. The second kappa shape index (κ2) is 6.01. The minimum atomic E-state index is 0.252. The van der Waals surface area contributed by atoms with Crippen LogP contribution in [0, 0.1) is 5.92 Å². The van der Waals surface area contributed by atoms with Crippen LogP contribution in [0.15, 0.2) is 24.3 Å². The van der Waals surface area contributed by atoms with E-state index in [4.69, 9.17) is 5.73 Å². The van der Waals surface area contributed by atoms with E-state index in [1.807, 2.05) is 36.1 Å². The third-order valence-corrected chi connectivity index (χ3v) is 3.79. The summed E-state index contributed by atoms with van der Waals surface area (Å²) >= 11 is 0. The van der Waals surface area contributed by atoms with E-state index in [1.54, 1.807) is 0 Å². The molecule has 1 aromatic rings. The number of rotatable bonds is 5.